The maximum atomic E-state index is 9.47. The van der Waals surface area contributed by atoms with Gasteiger partial charge in [-0.05, 0) is 50.3 Å². The predicted molar refractivity (Wildman–Crippen MR) is 126 cm³/mol. The van der Waals surface area contributed by atoms with Crippen LogP contribution >= 0.6 is 39.9 Å². The van der Waals surface area contributed by atoms with Gasteiger partial charge in [-0.25, -0.2) is 0 Å². The van der Waals surface area contributed by atoms with Crippen molar-refractivity contribution in [1.29, 1.82) is 0 Å². The summed E-state index contributed by atoms with van der Waals surface area (Å²) in [5.74, 6) is 0.901. The number of hydrogen-bond acceptors (Lipinski definition) is 3. The molecule has 2 aliphatic rings. The second-order valence-corrected chi connectivity index (χ2v) is 8.59. The van der Waals surface area contributed by atoms with Crippen molar-refractivity contribution in [3.8, 4) is 0 Å². The quantitative estimate of drug-likeness (QED) is 0.277. The number of hydrogen-bond donors (Lipinski definition) is 3. The summed E-state index contributed by atoms with van der Waals surface area (Å²) >= 11 is 3.49. The Morgan fingerprint density at radius 2 is 1.93 bits per heavy atom. The van der Waals surface area contributed by atoms with E-state index in [0.29, 0.717) is 6.04 Å². The molecule has 0 aromatic heterocycles. The van der Waals surface area contributed by atoms with Gasteiger partial charge in [0.25, 0.3) is 0 Å². The molecule has 1 aliphatic carbocycles. The number of aliphatic hydroxyl groups is 1. The second kappa shape index (κ2) is 11.0. The zero-order valence-electron chi connectivity index (χ0n) is 16.1. The molecule has 5 nitrogen and oxygen atoms in total. The molecule has 1 saturated carbocycles. The van der Waals surface area contributed by atoms with Gasteiger partial charge >= 0.3 is 0 Å². The van der Waals surface area contributed by atoms with Crippen molar-refractivity contribution in [2.75, 3.05) is 32.8 Å². The van der Waals surface area contributed by atoms with Crippen LogP contribution in [0.2, 0.25) is 0 Å². The molecule has 0 bridgehead atoms. The van der Waals surface area contributed by atoms with Crippen molar-refractivity contribution < 1.29 is 5.11 Å². The van der Waals surface area contributed by atoms with Crippen molar-refractivity contribution in [2.45, 2.75) is 45.2 Å². The first-order valence-electron chi connectivity index (χ1n) is 9.75. The van der Waals surface area contributed by atoms with Crippen LogP contribution in [-0.4, -0.2) is 54.8 Å². The molecular weight excluding hydrogens is 519 g/mol. The van der Waals surface area contributed by atoms with Crippen LogP contribution in [0.1, 0.15) is 38.2 Å². The molecule has 27 heavy (non-hydrogen) atoms. The highest BCUT2D eigenvalue weighted by molar-refractivity contribution is 14.0. The Balaban J connectivity index is 0.00000261. The largest absolute Gasteiger partial charge is 0.396 e. The number of halogens is 2. The number of aliphatic imine (C=N–C) groups is 1. The Bertz CT molecular complexity index is 599. The summed E-state index contributed by atoms with van der Waals surface area (Å²) in [4.78, 5) is 7.25. The van der Waals surface area contributed by atoms with Gasteiger partial charge in [-0.15, -0.1) is 24.0 Å². The van der Waals surface area contributed by atoms with E-state index in [1.807, 2.05) is 0 Å². The van der Waals surface area contributed by atoms with Gasteiger partial charge in [0.2, 0.25) is 0 Å². The van der Waals surface area contributed by atoms with Gasteiger partial charge in [-0.1, -0.05) is 28.1 Å². The third kappa shape index (κ3) is 7.18. The third-order valence-corrected chi connectivity index (χ3v) is 5.99. The summed E-state index contributed by atoms with van der Waals surface area (Å²) < 4.78 is 1.13. The van der Waals surface area contributed by atoms with Crippen LogP contribution in [0.5, 0.6) is 0 Å². The number of nitrogens with zero attached hydrogens (tertiary/aromatic N) is 2. The fourth-order valence-electron chi connectivity index (χ4n) is 3.39. The highest BCUT2D eigenvalue weighted by atomic mass is 127. The van der Waals surface area contributed by atoms with Gasteiger partial charge in [0.1, 0.15) is 0 Å². The lowest BCUT2D eigenvalue weighted by atomic mass is 10.0. The van der Waals surface area contributed by atoms with Crippen LogP contribution in [-0.2, 0) is 6.54 Å². The van der Waals surface area contributed by atoms with Crippen LogP contribution in [0.15, 0.2) is 33.7 Å². The Morgan fingerprint density at radius 3 is 2.48 bits per heavy atom. The molecule has 1 saturated heterocycles. The molecule has 3 rings (SSSR count). The van der Waals surface area contributed by atoms with Gasteiger partial charge in [0.05, 0.1) is 13.2 Å². The summed E-state index contributed by atoms with van der Waals surface area (Å²) in [5, 5.41) is 16.4. The maximum Gasteiger partial charge on any atom is 0.191 e. The molecule has 0 amide bonds. The topological polar surface area (TPSA) is 59.9 Å². The zero-order valence-corrected chi connectivity index (χ0v) is 20.0. The molecule has 1 aliphatic heterocycles. The van der Waals surface area contributed by atoms with Crippen molar-refractivity contribution in [2.24, 2.45) is 10.4 Å². The van der Waals surface area contributed by atoms with Gasteiger partial charge in [-0.2, -0.15) is 0 Å². The minimum Gasteiger partial charge on any atom is -0.396 e. The summed E-state index contributed by atoms with van der Waals surface area (Å²) in [5.41, 5.74) is 1.43. The molecule has 0 atom stereocenters. The van der Waals surface area contributed by atoms with Crippen LogP contribution < -0.4 is 10.6 Å². The van der Waals surface area contributed by atoms with Crippen molar-refractivity contribution in [3.05, 3.63) is 34.3 Å². The third-order valence-electron chi connectivity index (χ3n) is 5.46. The standard InChI is InChI=1S/C20H31BrN4O.HI/c1-2-22-19(23-14-20(15-26)9-10-20)24-18-7-11-25(12-8-18)13-16-3-5-17(21)6-4-16;/h3-6,18,26H,2,7-15H2,1H3,(H2,22,23,24);1H. The number of piperidine rings is 1. The normalized spacial score (nSPS) is 20.0. The molecule has 1 aromatic carbocycles. The van der Waals surface area contributed by atoms with Crippen LogP contribution in [0.4, 0.5) is 0 Å². The lowest BCUT2D eigenvalue weighted by molar-refractivity contribution is 0.198. The molecule has 0 spiro atoms. The smallest absolute Gasteiger partial charge is 0.191 e. The Kier molecular flexibility index (Phi) is 9.31. The van der Waals surface area contributed by atoms with Crippen molar-refractivity contribution in [3.63, 3.8) is 0 Å². The molecule has 152 valence electrons. The summed E-state index contributed by atoms with van der Waals surface area (Å²) in [6, 6.07) is 9.08. The van der Waals surface area contributed by atoms with E-state index in [-0.39, 0.29) is 36.0 Å². The lowest BCUT2D eigenvalue weighted by Gasteiger charge is -2.33. The molecular formula is C20H32BrIN4O. The summed E-state index contributed by atoms with van der Waals surface area (Å²) in [6.07, 6.45) is 4.46. The fourth-order valence-corrected chi connectivity index (χ4v) is 3.65. The number of aliphatic hydroxyl groups excluding tert-OH is 1. The summed E-state index contributed by atoms with van der Waals surface area (Å²) in [6.45, 7) is 7.16. The molecule has 0 radical (unpaired) electrons. The first-order valence-corrected chi connectivity index (χ1v) is 10.5. The monoisotopic (exact) mass is 550 g/mol. The Hall–Kier alpha value is -0.380. The minimum absolute atomic E-state index is 0. The van der Waals surface area contributed by atoms with E-state index in [1.165, 1.54) is 5.56 Å². The van der Waals surface area contributed by atoms with E-state index < -0.39 is 0 Å². The average molecular weight is 551 g/mol. The van der Waals surface area contributed by atoms with Crippen molar-refractivity contribution in [1.82, 2.24) is 15.5 Å². The van der Waals surface area contributed by atoms with Gasteiger partial charge < -0.3 is 15.7 Å². The number of rotatable bonds is 7. The molecule has 2 fully saturated rings. The predicted octanol–water partition coefficient (Wildman–Crippen LogP) is 3.36. The van der Waals surface area contributed by atoms with E-state index >= 15 is 0 Å². The Labute approximate surface area is 188 Å². The van der Waals surface area contributed by atoms with Gasteiger partial charge in [0, 0.05) is 42.1 Å². The number of likely N-dealkylation sites (tertiary alicyclic amines) is 1. The molecule has 3 N–H and O–H groups in total. The second-order valence-electron chi connectivity index (χ2n) is 7.67. The van der Waals surface area contributed by atoms with E-state index in [9.17, 15) is 5.11 Å². The van der Waals surface area contributed by atoms with Gasteiger partial charge in [-0.3, -0.25) is 9.89 Å². The van der Waals surface area contributed by atoms with E-state index in [2.05, 4.69) is 62.7 Å². The van der Waals surface area contributed by atoms with E-state index in [4.69, 9.17) is 4.99 Å². The van der Waals surface area contributed by atoms with E-state index in [1.54, 1.807) is 0 Å². The van der Waals surface area contributed by atoms with Crippen LogP contribution in [0.25, 0.3) is 0 Å². The molecule has 7 heteroatoms. The van der Waals surface area contributed by atoms with Gasteiger partial charge in [0.15, 0.2) is 5.96 Å². The lowest BCUT2D eigenvalue weighted by Crippen LogP contribution is -2.48. The molecule has 1 heterocycles. The highest BCUT2D eigenvalue weighted by Crippen LogP contribution is 2.45. The Morgan fingerprint density at radius 1 is 1.26 bits per heavy atom. The number of nitrogens with one attached hydrogen (secondary N) is 2. The van der Waals surface area contributed by atoms with Crippen LogP contribution in [0.3, 0.4) is 0 Å². The number of guanidine groups is 1. The minimum atomic E-state index is 0. The molecule has 1 aromatic rings. The maximum absolute atomic E-state index is 9.47. The summed E-state index contributed by atoms with van der Waals surface area (Å²) in [7, 11) is 0. The van der Waals surface area contributed by atoms with Crippen molar-refractivity contribution >= 4 is 45.9 Å². The highest BCUT2D eigenvalue weighted by Gasteiger charge is 2.41. The SMILES string of the molecule is CCNC(=NCC1(CO)CC1)NC1CCN(Cc2ccc(Br)cc2)CC1.I. The molecule has 0 unspecified atom stereocenters. The first-order chi connectivity index (χ1) is 12.6. The number of benzene rings is 1. The fraction of sp³-hybridized carbons (Fsp3) is 0.650. The first kappa shape index (κ1) is 22.9. The zero-order chi connectivity index (χ0) is 18.4. The van der Waals surface area contributed by atoms with Crippen LogP contribution in [0, 0.1) is 5.41 Å². The average Bonchev–Trinajstić information content (AvgIpc) is 3.44. The van der Waals surface area contributed by atoms with E-state index in [0.717, 1.165) is 68.8 Å².